The molecule has 5 nitrogen and oxygen atoms in total. The SMILES string of the molecule is COC(=O)c1cc(NCC2CCCN2C)ccc1N. The van der Waals surface area contributed by atoms with Crippen LogP contribution in [0.1, 0.15) is 23.2 Å². The molecule has 1 aliphatic heterocycles. The number of carbonyl (C=O) groups excluding carboxylic acids is 1. The first-order valence-corrected chi connectivity index (χ1v) is 6.53. The lowest BCUT2D eigenvalue weighted by Crippen LogP contribution is -2.31. The molecule has 1 fully saturated rings. The summed E-state index contributed by atoms with van der Waals surface area (Å²) in [6.45, 7) is 2.03. The zero-order chi connectivity index (χ0) is 13.8. The molecule has 0 aromatic heterocycles. The van der Waals surface area contributed by atoms with Gasteiger partial charge in [-0.2, -0.15) is 0 Å². The van der Waals surface area contributed by atoms with Gasteiger partial charge in [-0.3, -0.25) is 0 Å². The Kier molecular flexibility index (Phi) is 4.27. The van der Waals surface area contributed by atoms with Crippen LogP contribution in [0.4, 0.5) is 11.4 Å². The van der Waals surface area contributed by atoms with Crippen LogP contribution in [-0.4, -0.2) is 44.2 Å². The lowest BCUT2D eigenvalue weighted by atomic mass is 10.1. The Morgan fingerprint density at radius 2 is 2.37 bits per heavy atom. The van der Waals surface area contributed by atoms with Crippen LogP contribution in [0.25, 0.3) is 0 Å². The average molecular weight is 263 g/mol. The summed E-state index contributed by atoms with van der Waals surface area (Å²) in [5.74, 6) is -0.404. The molecule has 2 rings (SSSR count). The largest absolute Gasteiger partial charge is 0.465 e. The standard InChI is InChI=1S/C14H21N3O2/c1-17-7-3-4-11(17)9-16-10-5-6-13(15)12(8-10)14(18)19-2/h5-6,8,11,16H,3-4,7,9,15H2,1-2H3. The number of carbonyl (C=O) groups is 1. The predicted molar refractivity (Wildman–Crippen MR) is 76.3 cm³/mol. The Morgan fingerprint density at radius 3 is 3.00 bits per heavy atom. The summed E-state index contributed by atoms with van der Waals surface area (Å²) < 4.78 is 4.71. The number of rotatable bonds is 4. The number of nitrogens with one attached hydrogen (secondary N) is 1. The quantitative estimate of drug-likeness (QED) is 0.637. The third-order valence-electron chi connectivity index (χ3n) is 3.67. The second kappa shape index (κ2) is 5.93. The van der Waals surface area contributed by atoms with E-state index < -0.39 is 5.97 Å². The number of hydrogen-bond acceptors (Lipinski definition) is 5. The number of nitrogen functional groups attached to an aromatic ring is 1. The second-order valence-corrected chi connectivity index (χ2v) is 4.95. The third-order valence-corrected chi connectivity index (χ3v) is 3.67. The van der Waals surface area contributed by atoms with Crippen molar-refractivity contribution in [1.82, 2.24) is 4.90 Å². The molecule has 0 saturated carbocycles. The molecule has 5 heteroatoms. The molecule has 0 radical (unpaired) electrons. The topological polar surface area (TPSA) is 67.6 Å². The Morgan fingerprint density at radius 1 is 1.58 bits per heavy atom. The molecule has 19 heavy (non-hydrogen) atoms. The van der Waals surface area contributed by atoms with Gasteiger partial charge < -0.3 is 20.7 Å². The fraction of sp³-hybridized carbons (Fsp3) is 0.500. The van der Waals surface area contributed by atoms with Gasteiger partial charge in [0.25, 0.3) is 0 Å². The molecule has 0 amide bonds. The molecular formula is C14H21N3O2. The average Bonchev–Trinajstić information content (AvgIpc) is 2.82. The van der Waals surface area contributed by atoms with E-state index >= 15 is 0 Å². The molecule has 1 heterocycles. The minimum absolute atomic E-state index is 0.404. The third kappa shape index (κ3) is 3.17. The Labute approximate surface area is 113 Å². The van der Waals surface area contributed by atoms with E-state index in [1.54, 1.807) is 12.1 Å². The van der Waals surface area contributed by atoms with E-state index in [-0.39, 0.29) is 0 Å². The van der Waals surface area contributed by atoms with Gasteiger partial charge in [0.2, 0.25) is 0 Å². The first kappa shape index (κ1) is 13.7. The Balaban J connectivity index is 2.02. The predicted octanol–water partition coefficient (Wildman–Crippen LogP) is 1.56. The molecule has 3 N–H and O–H groups in total. The molecule has 0 spiro atoms. The maximum atomic E-state index is 11.6. The van der Waals surface area contributed by atoms with Crippen LogP contribution < -0.4 is 11.1 Å². The van der Waals surface area contributed by atoms with E-state index in [1.165, 1.54) is 20.0 Å². The molecule has 0 bridgehead atoms. The van der Waals surface area contributed by atoms with Crippen molar-refractivity contribution in [3.05, 3.63) is 23.8 Å². The minimum atomic E-state index is -0.404. The highest BCUT2D eigenvalue weighted by molar-refractivity contribution is 5.96. The number of benzene rings is 1. The summed E-state index contributed by atoms with van der Waals surface area (Å²) in [6.07, 6.45) is 2.46. The van der Waals surface area contributed by atoms with E-state index in [4.69, 9.17) is 10.5 Å². The van der Waals surface area contributed by atoms with Crippen molar-refractivity contribution in [2.24, 2.45) is 0 Å². The zero-order valence-corrected chi connectivity index (χ0v) is 11.5. The van der Waals surface area contributed by atoms with E-state index in [1.807, 2.05) is 6.07 Å². The van der Waals surface area contributed by atoms with E-state index in [0.717, 1.165) is 18.8 Å². The number of nitrogens with two attached hydrogens (primary N) is 1. The minimum Gasteiger partial charge on any atom is -0.465 e. The maximum Gasteiger partial charge on any atom is 0.340 e. The van der Waals surface area contributed by atoms with Gasteiger partial charge >= 0.3 is 5.97 Å². The molecule has 1 saturated heterocycles. The van der Waals surface area contributed by atoms with Crippen LogP contribution in [0.3, 0.4) is 0 Å². The van der Waals surface area contributed by atoms with Crippen LogP contribution in [0.5, 0.6) is 0 Å². The lowest BCUT2D eigenvalue weighted by molar-refractivity contribution is 0.0602. The van der Waals surface area contributed by atoms with E-state index in [9.17, 15) is 4.79 Å². The number of esters is 1. The fourth-order valence-electron chi connectivity index (χ4n) is 2.43. The highest BCUT2D eigenvalue weighted by Crippen LogP contribution is 2.20. The molecule has 1 atom stereocenters. The number of methoxy groups -OCH3 is 1. The van der Waals surface area contributed by atoms with E-state index in [0.29, 0.717) is 17.3 Å². The maximum absolute atomic E-state index is 11.6. The smallest absolute Gasteiger partial charge is 0.340 e. The molecule has 1 aliphatic rings. The van der Waals surface area contributed by atoms with Crippen molar-refractivity contribution in [3.63, 3.8) is 0 Å². The highest BCUT2D eigenvalue weighted by Gasteiger charge is 2.20. The molecular weight excluding hydrogens is 242 g/mol. The van der Waals surface area contributed by atoms with Gasteiger partial charge in [0.15, 0.2) is 0 Å². The number of anilines is 2. The summed E-state index contributed by atoms with van der Waals surface area (Å²) >= 11 is 0. The fourth-order valence-corrected chi connectivity index (χ4v) is 2.43. The second-order valence-electron chi connectivity index (χ2n) is 4.95. The number of nitrogens with zero attached hydrogens (tertiary/aromatic N) is 1. The summed E-state index contributed by atoms with van der Waals surface area (Å²) in [7, 11) is 3.50. The molecule has 0 aliphatic carbocycles. The van der Waals surface area contributed by atoms with Crippen molar-refractivity contribution in [1.29, 1.82) is 0 Å². The van der Waals surface area contributed by atoms with Crippen molar-refractivity contribution in [3.8, 4) is 0 Å². The molecule has 1 unspecified atom stereocenters. The Bertz CT molecular complexity index is 462. The summed E-state index contributed by atoms with van der Waals surface area (Å²) in [6, 6.07) is 5.92. The van der Waals surface area contributed by atoms with Crippen LogP contribution in [0.15, 0.2) is 18.2 Å². The van der Waals surface area contributed by atoms with Gasteiger partial charge in [-0.25, -0.2) is 4.79 Å². The summed E-state index contributed by atoms with van der Waals surface area (Å²) in [4.78, 5) is 13.9. The normalized spacial score (nSPS) is 19.4. The molecule has 104 valence electrons. The molecule has 1 aromatic rings. The Hall–Kier alpha value is -1.75. The number of likely N-dealkylation sites (tertiary alicyclic amines) is 1. The van der Waals surface area contributed by atoms with Crippen LogP contribution in [-0.2, 0) is 4.74 Å². The summed E-state index contributed by atoms with van der Waals surface area (Å²) in [5.41, 5.74) is 7.52. The van der Waals surface area contributed by atoms with Crippen molar-refractivity contribution >= 4 is 17.3 Å². The first-order valence-electron chi connectivity index (χ1n) is 6.53. The van der Waals surface area contributed by atoms with Crippen LogP contribution >= 0.6 is 0 Å². The van der Waals surface area contributed by atoms with Crippen molar-refractivity contribution in [2.75, 3.05) is 38.3 Å². The lowest BCUT2D eigenvalue weighted by Gasteiger charge is -2.20. The van der Waals surface area contributed by atoms with E-state index in [2.05, 4.69) is 17.3 Å². The number of ether oxygens (including phenoxy) is 1. The highest BCUT2D eigenvalue weighted by atomic mass is 16.5. The van der Waals surface area contributed by atoms with Gasteiger partial charge in [-0.05, 0) is 44.6 Å². The molecule has 1 aromatic carbocycles. The van der Waals surface area contributed by atoms with Crippen LogP contribution in [0, 0.1) is 0 Å². The van der Waals surface area contributed by atoms with Crippen LogP contribution in [0.2, 0.25) is 0 Å². The van der Waals surface area contributed by atoms with Gasteiger partial charge in [-0.15, -0.1) is 0 Å². The number of hydrogen-bond donors (Lipinski definition) is 2. The van der Waals surface area contributed by atoms with Gasteiger partial charge in [-0.1, -0.05) is 0 Å². The first-order chi connectivity index (χ1) is 9.11. The van der Waals surface area contributed by atoms with Gasteiger partial charge in [0, 0.05) is 24.0 Å². The number of likely N-dealkylation sites (N-methyl/N-ethyl adjacent to an activating group) is 1. The van der Waals surface area contributed by atoms with Crippen molar-refractivity contribution < 1.29 is 9.53 Å². The van der Waals surface area contributed by atoms with Gasteiger partial charge in [0.1, 0.15) is 0 Å². The zero-order valence-electron chi connectivity index (χ0n) is 11.5. The monoisotopic (exact) mass is 263 g/mol. The van der Waals surface area contributed by atoms with Gasteiger partial charge in [0.05, 0.1) is 12.7 Å². The van der Waals surface area contributed by atoms with Crippen molar-refractivity contribution in [2.45, 2.75) is 18.9 Å². The summed E-state index contributed by atoms with van der Waals surface area (Å²) in [5, 5.41) is 3.36.